The third-order valence-corrected chi connectivity index (χ3v) is 5.24. The highest BCUT2D eigenvalue weighted by Gasteiger charge is 2.17. The van der Waals surface area contributed by atoms with E-state index in [0.29, 0.717) is 5.92 Å². The molecule has 0 radical (unpaired) electrons. The number of hydrogen-bond acceptors (Lipinski definition) is 4. The Morgan fingerprint density at radius 3 is 2.39 bits per heavy atom. The average molecular weight is 326 g/mol. The SMILES string of the molecule is CCC(CC)C(O)c1ccc(Nc2nc3ccccc3s2)cc1. The van der Waals surface area contributed by atoms with Crippen LogP contribution in [-0.4, -0.2) is 10.1 Å². The van der Waals surface area contributed by atoms with Gasteiger partial charge in [-0.15, -0.1) is 0 Å². The second-order valence-electron chi connectivity index (χ2n) is 5.76. The lowest BCUT2D eigenvalue weighted by molar-refractivity contribution is 0.103. The van der Waals surface area contributed by atoms with Crippen LogP contribution in [-0.2, 0) is 0 Å². The zero-order chi connectivity index (χ0) is 16.2. The molecule has 0 aliphatic heterocycles. The molecule has 0 aliphatic carbocycles. The Kier molecular flexibility index (Phi) is 4.94. The number of aromatic nitrogens is 1. The van der Waals surface area contributed by atoms with Gasteiger partial charge in [0.25, 0.3) is 0 Å². The number of fused-ring (bicyclic) bond motifs is 1. The van der Waals surface area contributed by atoms with E-state index in [1.54, 1.807) is 11.3 Å². The van der Waals surface area contributed by atoms with Crippen LogP contribution in [0.1, 0.15) is 38.4 Å². The van der Waals surface area contributed by atoms with Gasteiger partial charge >= 0.3 is 0 Å². The number of nitrogens with zero attached hydrogens (tertiary/aromatic N) is 1. The summed E-state index contributed by atoms with van der Waals surface area (Å²) in [6.45, 7) is 4.25. The second kappa shape index (κ2) is 7.11. The van der Waals surface area contributed by atoms with Crippen molar-refractivity contribution in [3.05, 3.63) is 54.1 Å². The monoisotopic (exact) mass is 326 g/mol. The van der Waals surface area contributed by atoms with Crippen LogP contribution in [0.2, 0.25) is 0 Å². The fourth-order valence-corrected chi connectivity index (χ4v) is 3.71. The van der Waals surface area contributed by atoms with E-state index in [2.05, 4.69) is 30.2 Å². The predicted octanol–water partition coefficient (Wildman–Crippen LogP) is 5.51. The van der Waals surface area contributed by atoms with Crippen LogP contribution in [0.4, 0.5) is 10.8 Å². The molecule has 3 rings (SSSR count). The minimum atomic E-state index is -0.387. The Morgan fingerprint density at radius 1 is 1.04 bits per heavy atom. The summed E-state index contributed by atoms with van der Waals surface area (Å²) in [7, 11) is 0. The Hall–Kier alpha value is -1.91. The summed E-state index contributed by atoms with van der Waals surface area (Å²) in [5.74, 6) is 0.318. The van der Waals surface area contributed by atoms with E-state index in [1.165, 1.54) is 4.70 Å². The van der Waals surface area contributed by atoms with E-state index in [4.69, 9.17) is 0 Å². The lowest BCUT2D eigenvalue weighted by Gasteiger charge is -2.20. The van der Waals surface area contributed by atoms with E-state index in [9.17, 15) is 5.11 Å². The summed E-state index contributed by atoms with van der Waals surface area (Å²) in [6.07, 6.45) is 1.59. The molecule has 120 valence electrons. The van der Waals surface area contributed by atoms with Gasteiger partial charge < -0.3 is 10.4 Å². The second-order valence-corrected chi connectivity index (χ2v) is 6.79. The number of aliphatic hydroxyl groups is 1. The quantitative estimate of drug-likeness (QED) is 0.628. The molecule has 4 heteroatoms. The molecule has 3 nitrogen and oxygen atoms in total. The standard InChI is InChI=1S/C19H22N2OS/c1-3-13(4-2)18(22)14-9-11-15(12-10-14)20-19-21-16-7-5-6-8-17(16)23-19/h5-13,18,22H,3-4H2,1-2H3,(H,20,21). The Labute approximate surface area is 141 Å². The summed E-state index contributed by atoms with van der Waals surface area (Å²) in [4.78, 5) is 4.58. The number of hydrogen-bond donors (Lipinski definition) is 2. The summed E-state index contributed by atoms with van der Waals surface area (Å²) in [5, 5.41) is 14.7. The number of rotatable bonds is 6. The lowest BCUT2D eigenvalue weighted by atomic mass is 9.91. The first-order chi connectivity index (χ1) is 11.2. The average Bonchev–Trinajstić information content (AvgIpc) is 2.98. The molecular weight excluding hydrogens is 304 g/mol. The zero-order valence-electron chi connectivity index (χ0n) is 13.5. The summed E-state index contributed by atoms with van der Waals surface area (Å²) in [6, 6.07) is 16.1. The van der Waals surface area contributed by atoms with Crippen molar-refractivity contribution in [1.29, 1.82) is 0 Å². The third-order valence-electron chi connectivity index (χ3n) is 4.29. The number of para-hydroxylation sites is 1. The largest absolute Gasteiger partial charge is 0.388 e. The van der Waals surface area contributed by atoms with Crippen LogP contribution in [0.25, 0.3) is 10.2 Å². The molecule has 0 saturated carbocycles. The van der Waals surface area contributed by atoms with E-state index in [1.807, 2.05) is 42.5 Å². The van der Waals surface area contributed by atoms with Crippen molar-refractivity contribution in [3.8, 4) is 0 Å². The lowest BCUT2D eigenvalue weighted by Crippen LogP contribution is -2.10. The molecule has 0 fully saturated rings. The fraction of sp³-hybridized carbons (Fsp3) is 0.316. The molecule has 1 heterocycles. The van der Waals surface area contributed by atoms with Crippen LogP contribution in [0, 0.1) is 5.92 Å². The predicted molar refractivity (Wildman–Crippen MR) is 98.4 cm³/mol. The van der Waals surface area contributed by atoms with E-state index >= 15 is 0 Å². The van der Waals surface area contributed by atoms with Gasteiger partial charge in [0.15, 0.2) is 5.13 Å². The number of thiazole rings is 1. The maximum Gasteiger partial charge on any atom is 0.188 e. The minimum absolute atomic E-state index is 0.318. The van der Waals surface area contributed by atoms with Crippen molar-refractivity contribution in [1.82, 2.24) is 4.98 Å². The highest BCUT2D eigenvalue weighted by Crippen LogP contribution is 2.30. The number of aliphatic hydroxyl groups excluding tert-OH is 1. The summed E-state index contributed by atoms with van der Waals surface area (Å²) in [5.41, 5.74) is 2.99. The number of benzene rings is 2. The summed E-state index contributed by atoms with van der Waals surface area (Å²) >= 11 is 1.64. The van der Waals surface area contributed by atoms with Gasteiger partial charge in [0.1, 0.15) is 0 Å². The van der Waals surface area contributed by atoms with Gasteiger partial charge in [-0.25, -0.2) is 4.98 Å². The van der Waals surface area contributed by atoms with Gasteiger partial charge in [0.2, 0.25) is 0 Å². The van der Waals surface area contributed by atoms with Crippen molar-refractivity contribution >= 4 is 32.4 Å². The maximum absolute atomic E-state index is 10.4. The first-order valence-corrected chi connectivity index (χ1v) is 8.93. The molecule has 2 aromatic carbocycles. The van der Waals surface area contributed by atoms with Gasteiger partial charge in [0.05, 0.1) is 16.3 Å². The van der Waals surface area contributed by atoms with Crippen molar-refractivity contribution < 1.29 is 5.11 Å². The van der Waals surface area contributed by atoms with Crippen LogP contribution in [0.15, 0.2) is 48.5 Å². The van der Waals surface area contributed by atoms with Crippen LogP contribution in [0.5, 0.6) is 0 Å². The fourth-order valence-electron chi connectivity index (χ4n) is 2.82. The Balaban J connectivity index is 1.74. The van der Waals surface area contributed by atoms with Gasteiger partial charge in [-0.3, -0.25) is 0 Å². The van der Waals surface area contributed by atoms with E-state index < -0.39 is 0 Å². The molecular formula is C19H22N2OS. The van der Waals surface area contributed by atoms with Gasteiger partial charge in [-0.05, 0) is 35.7 Å². The summed E-state index contributed by atoms with van der Waals surface area (Å²) < 4.78 is 1.18. The van der Waals surface area contributed by atoms with Crippen LogP contribution < -0.4 is 5.32 Å². The molecule has 0 spiro atoms. The smallest absolute Gasteiger partial charge is 0.188 e. The van der Waals surface area contributed by atoms with E-state index in [-0.39, 0.29) is 6.10 Å². The Bertz CT molecular complexity index is 729. The van der Waals surface area contributed by atoms with Gasteiger partial charge in [0, 0.05) is 5.69 Å². The van der Waals surface area contributed by atoms with Crippen LogP contribution in [0.3, 0.4) is 0 Å². The molecule has 1 atom stereocenters. The Morgan fingerprint density at radius 2 is 1.74 bits per heavy atom. The third kappa shape index (κ3) is 3.54. The van der Waals surface area contributed by atoms with Crippen LogP contribution >= 0.6 is 11.3 Å². The highest BCUT2D eigenvalue weighted by atomic mass is 32.1. The molecule has 23 heavy (non-hydrogen) atoms. The topological polar surface area (TPSA) is 45.1 Å². The molecule has 0 aliphatic rings. The molecule has 1 aromatic heterocycles. The zero-order valence-corrected chi connectivity index (χ0v) is 14.3. The number of anilines is 2. The van der Waals surface area contributed by atoms with E-state index in [0.717, 1.165) is 34.7 Å². The van der Waals surface area contributed by atoms with Crippen molar-refractivity contribution in [3.63, 3.8) is 0 Å². The highest BCUT2D eigenvalue weighted by molar-refractivity contribution is 7.22. The molecule has 1 unspecified atom stereocenters. The number of nitrogens with one attached hydrogen (secondary N) is 1. The first kappa shape index (κ1) is 16.0. The molecule has 0 bridgehead atoms. The van der Waals surface area contributed by atoms with Crippen molar-refractivity contribution in [2.75, 3.05) is 5.32 Å². The van der Waals surface area contributed by atoms with Crippen molar-refractivity contribution in [2.45, 2.75) is 32.8 Å². The first-order valence-electron chi connectivity index (χ1n) is 8.12. The molecule has 0 saturated heterocycles. The maximum atomic E-state index is 10.4. The van der Waals surface area contributed by atoms with Crippen molar-refractivity contribution in [2.24, 2.45) is 5.92 Å². The molecule has 3 aromatic rings. The van der Waals surface area contributed by atoms with Gasteiger partial charge in [-0.2, -0.15) is 0 Å². The normalized spacial score (nSPS) is 12.7. The minimum Gasteiger partial charge on any atom is -0.388 e. The van der Waals surface area contributed by atoms with Gasteiger partial charge in [-0.1, -0.05) is 62.3 Å². The molecule has 0 amide bonds. The molecule has 2 N–H and O–H groups in total.